The Labute approximate surface area is 233 Å². The average Bonchev–Trinajstić information content (AvgIpc) is 3.40. The molecule has 0 radical (unpaired) electrons. The van der Waals surface area contributed by atoms with Crippen molar-refractivity contribution in [1.82, 2.24) is 15.3 Å². The first-order chi connectivity index (χ1) is 17.9. The first-order valence-corrected chi connectivity index (χ1v) is 14.1. The lowest BCUT2D eigenvalue weighted by atomic mass is 9.74. The zero-order valence-corrected chi connectivity index (χ0v) is 23.2. The van der Waals surface area contributed by atoms with Gasteiger partial charge in [-0.25, -0.2) is 9.97 Å². The van der Waals surface area contributed by atoms with Crippen LogP contribution in [0.25, 0.3) is 0 Å². The van der Waals surface area contributed by atoms with Gasteiger partial charge in [-0.2, -0.15) is 0 Å². The second-order valence-electron chi connectivity index (χ2n) is 10.4. The monoisotopic (exact) mass is 556 g/mol. The molecule has 2 heterocycles. The molecule has 0 spiro atoms. The fourth-order valence-corrected chi connectivity index (χ4v) is 6.21. The van der Waals surface area contributed by atoms with Gasteiger partial charge in [-0.05, 0) is 67.0 Å². The van der Waals surface area contributed by atoms with Crippen LogP contribution in [-0.2, 0) is 12.0 Å². The van der Waals surface area contributed by atoms with Crippen molar-refractivity contribution >= 4 is 46.7 Å². The van der Waals surface area contributed by atoms with E-state index >= 15 is 0 Å². The molecule has 5 nitrogen and oxygen atoms in total. The van der Waals surface area contributed by atoms with E-state index in [0.29, 0.717) is 39.0 Å². The molecule has 1 aliphatic carbocycles. The highest BCUT2D eigenvalue weighted by Gasteiger charge is 2.42. The van der Waals surface area contributed by atoms with Gasteiger partial charge in [0.25, 0.3) is 5.91 Å². The Hall–Kier alpha value is -2.34. The number of carbonyl (C=O) groups excluding carboxylic acids is 1. The van der Waals surface area contributed by atoms with Crippen LogP contribution < -0.4 is 10.2 Å². The second-order valence-corrected chi connectivity index (χ2v) is 11.6. The topological polar surface area (TPSA) is 58.1 Å². The van der Waals surface area contributed by atoms with Crippen LogP contribution in [0.1, 0.15) is 72.6 Å². The van der Waals surface area contributed by atoms with E-state index in [-0.39, 0.29) is 11.3 Å². The number of amides is 1. The molecule has 3 aromatic rings. The molecule has 1 N–H and O–H groups in total. The summed E-state index contributed by atoms with van der Waals surface area (Å²) in [6.07, 6.45) is 8.06. The standard InChI is InChI=1S/C29H31Cl3N4O/c1-19-5-4-14-36(18-19)28-34-17-23(27(37)33-16-20-6-11-24(31)25(32)15-20)26(35-28)29(12-2-3-13-29)21-7-9-22(30)10-8-21/h6-11,15,17,19H,2-5,12-14,16,18H2,1H3,(H,33,37). The molecule has 1 amide bonds. The smallest absolute Gasteiger partial charge is 0.255 e. The number of piperidine rings is 1. The van der Waals surface area contributed by atoms with Gasteiger partial charge in [-0.15, -0.1) is 0 Å². The molecule has 2 fully saturated rings. The zero-order chi connectivity index (χ0) is 26.0. The molecule has 1 aromatic heterocycles. The predicted molar refractivity (Wildman–Crippen MR) is 151 cm³/mol. The van der Waals surface area contributed by atoms with Crippen LogP contribution in [0, 0.1) is 5.92 Å². The third kappa shape index (κ3) is 5.59. The summed E-state index contributed by atoms with van der Waals surface area (Å²) >= 11 is 18.5. The molecule has 1 unspecified atom stereocenters. The van der Waals surface area contributed by atoms with Crippen molar-refractivity contribution in [3.63, 3.8) is 0 Å². The number of hydrogen-bond donors (Lipinski definition) is 1. The number of hydrogen-bond acceptors (Lipinski definition) is 4. The first kappa shape index (κ1) is 26.3. The first-order valence-electron chi connectivity index (χ1n) is 13.0. The van der Waals surface area contributed by atoms with Gasteiger partial charge in [0.15, 0.2) is 0 Å². The van der Waals surface area contributed by atoms with Crippen LogP contribution >= 0.6 is 34.8 Å². The van der Waals surface area contributed by atoms with Gasteiger partial charge in [0.1, 0.15) is 0 Å². The molecule has 8 heteroatoms. The number of halogens is 3. The molecule has 37 heavy (non-hydrogen) atoms. The van der Waals surface area contributed by atoms with Crippen LogP contribution in [0.5, 0.6) is 0 Å². The third-order valence-corrected chi connectivity index (χ3v) is 8.70. The normalized spacial score (nSPS) is 19.1. The van der Waals surface area contributed by atoms with Gasteiger partial charge in [0.05, 0.1) is 21.3 Å². The summed E-state index contributed by atoms with van der Waals surface area (Å²) < 4.78 is 0. The summed E-state index contributed by atoms with van der Waals surface area (Å²) in [4.78, 5) is 25.8. The number of nitrogens with one attached hydrogen (secondary N) is 1. The van der Waals surface area contributed by atoms with E-state index in [2.05, 4.69) is 29.3 Å². The van der Waals surface area contributed by atoms with Crippen LogP contribution in [0.15, 0.2) is 48.7 Å². The Bertz CT molecular complexity index is 1270. The maximum Gasteiger partial charge on any atom is 0.255 e. The van der Waals surface area contributed by atoms with Gasteiger partial charge >= 0.3 is 0 Å². The zero-order valence-electron chi connectivity index (χ0n) is 20.9. The average molecular weight is 558 g/mol. The van der Waals surface area contributed by atoms with Gasteiger partial charge in [-0.1, -0.05) is 72.8 Å². The molecule has 1 saturated carbocycles. The van der Waals surface area contributed by atoms with Crippen molar-refractivity contribution in [3.8, 4) is 0 Å². The van der Waals surface area contributed by atoms with Crippen molar-refractivity contribution in [1.29, 1.82) is 0 Å². The summed E-state index contributed by atoms with van der Waals surface area (Å²) in [5, 5.41) is 4.70. The Kier molecular flexibility index (Phi) is 7.94. The quantitative estimate of drug-likeness (QED) is 0.342. The van der Waals surface area contributed by atoms with Crippen LogP contribution in [0.4, 0.5) is 5.95 Å². The molecule has 5 rings (SSSR count). The van der Waals surface area contributed by atoms with E-state index < -0.39 is 0 Å². The van der Waals surface area contributed by atoms with Crippen LogP contribution in [-0.4, -0.2) is 29.0 Å². The molecular weight excluding hydrogens is 527 g/mol. The Balaban J connectivity index is 1.53. The van der Waals surface area contributed by atoms with Crippen molar-refractivity contribution < 1.29 is 4.79 Å². The predicted octanol–water partition coefficient (Wildman–Crippen LogP) is 7.46. The summed E-state index contributed by atoms with van der Waals surface area (Å²) in [6, 6.07) is 13.4. The fourth-order valence-electron chi connectivity index (χ4n) is 5.76. The van der Waals surface area contributed by atoms with E-state index in [0.717, 1.165) is 62.0 Å². The van der Waals surface area contributed by atoms with Gasteiger partial charge < -0.3 is 10.2 Å². The lowest BCUT2D eigenvalue weighted by Crippen LogP contribution is -2.37. The molecular formula is C29H31Cl3N4O. The highest BCUT2D eigenvalue weighted by atomic mass is 35.5. The number of benzene rings is 2. The highest BCUT2D eigenvalue weighted by molar-refractivity contribution is 6.42. The molecule has 194 valence electrons. The van der Waals surface area contributed by atoms with E-state index in [1.165, 1.54) is 6.42 Å². The minimum absolute atomic E-state index is 0.195. The summed E-state index contributed by atoms with van der Waals surface area (Å²) in [6.45, 7) is 4.45. The van der Waals surface area contributed by atoms with Gasteiger partial charge in [0.2, 0.25) is 5.95 Å². The maximum atomic E-state index is 13.6. The Morgan fingerprint density at radius 2 is 1.81 bits per heavy atom. The highest BCUT2D eigenvalue weighted by Crippen LogP contribution is 2.47. The van der Waals surface area contributed by atoms with E-state index in [9.17, 15) is 4.79 Å². The van der Waals surface area contributed by atoms with E-state index in [1.807, 2.05) is 18.2 Å². The molecule has 2 aliphatic rings. The van der Waals surface area contributed by atoms with Crippen LogP contribution in [0.3, 0.4) is 0 Å². The van der Waals surface area contributed by atoms with E-state index in [4.69, 9.17) is 44.8 Å². The van der Waals surface area contributed by atoms with Crippen molar-refractivity contribution in [3.05, 3.63) is 86.1 Å². The minimum Gasteiger partial charge on any atom is -0.348 e. The molecule has 1 saturated heterocycles. The van der Waals surface area contributed by atoms with Crippen molar-refractivity contribution in [2.24, 2.45) is 5.92 Å². The fraction of sp³-hybridized carbons (Fsp3) is 0.414. The van der Waals surface area contributed by atoms with Crippen molar-refractivity contribution in [2.75, 3.05) is 18.0 Å². The number of nitrogens with zero attached hydrogens (tertiary/aromatic N) is 3. The molecule has 2 aromatic carbocycles. The summed E-state index contributed by atoms with van der Waals surface area (Å²) in [7, 11) is 0. The number of aromatic nitrogens is 2. The maximum absolute atomic E-state index is 13.6. The largest absolute Gasteiger partial charge is 0.348 e. The SMILES string of the molecule is CC1CCCN(c2ncc(C(=O)NCc3ccc(Cl)c(Cl)c3)c(C3(c4ccc(Cl)cc4)CCCC3)n2)C1. The van der Waals surface area contributed by atoms with Gasteiger partial charge in [-0.3, -0.25) is 4.79 Å². The van der Waals surface area contributed by atoms with Crippen LogP contribution in [0.2, 0.25) is 15.1 Å². The number of anilines is 1. The lowest BCUT2D eigenvalue weighted by molar-refractivity contribution is 0.0947. The van der Waals surface area contributed by atoms with Crippen molar-refractivity contribution in [2.45, 2.75) is 57.4 Å². The second kappa shape index (κ2) is 11.2. The summed E-state index contributed by atoms with van der Waals surface area (Å²) in [5.41, 5.74) is 2.98. The molecule has 1 aliphatic heterocycles. The summed E-state index contributed by atoms with van der Waals surface area (Å²) in [5.74, 6) is 1.11. The molecule has 1 atom stereocenters. The Morgan fingerprint density at radius 1 is 1.05 bits per heavy atom. The minimum atomic E-state index is -0.361. The number of carbonyl (C=O) groups is 1. The third-order valence-electron chi connectivity index (χ3n) is 7.70. The van der Waals surface area contributed by atoms with E-state index in [1.54, 1.807) is 18.3 Å². The number of rotatable bonds is 6. The van der Waals surface area contributed by atoms with Gasteiger partial charge in [0, 0.05) is 36.3 Å². The lowest BCUT2D eigenvalue weighted by Gasteiger charge is -2.34. The molecule has 0 bridgehead atoms. The Morgan fingerprint density at radius 3 is 2.51 bits per heavy atom.